The van der Waals surface area contributed by atoms with Gasteiger partial charge in [0.2, 0.25) is 0 Å². The molecular formula is C40H51FN4O9. The molecule has 1 N–H and O–H groups in total. The first-order valence-corrected chi connectivity index (χ1v) is 18.9. The van der Waals surface area contributed by atoms with Crippen LogP contribution in [0.1, 0.15) is 55.6 Å². The number of carbonyl (C=O) groups is 1. The number of nitrogens with zero attached hydrogens (tertiary/aromatic N) is 3. The first-order chi connectivity index (χ1) is 26.4. The Bertz CT molecular complexity index is 1660. The highest BCUT2D eigenvalue weighted by Crippen LogP contribution is 2.35. The van der Waals surface area contributed by atoms with Crippen molar-refractivity contribution in [3.63, 3.8) is 0 Å². The molecule has 6 rings (SSSR count). The van der Waals surface area contributed by atoms with Crippen LogP contribution in [0.25, 0.3) is 0 Å². The Morgan fingerprint density at radius 1 is 1.00 bits per heavy atom. The number of rotatable bonds is 19. The average molecular weight is 751 g/mol. The summed E-state index contributed by atoms with van der Waals surface area (Å²) in [7, 11) is 1.71. The molecule has 4 unspecified atom stereocenters. The quantitative estimate of drug-likeness (QED) is 0.0701. The van der Waals surface area contributed by atoms with Crippen molar-refractivity contribution in [3.05, 3.63) is 93.8 Å². The van der Waals surface area contributed by atoms with Gasteiger partial charge in [-0.05, 0) is 72.9 Å². The molecule has 0 aromatic heterocycles. The Morgan fingerprint density at radius 2 is 1.85 bits per heavy atom. The lowest BCUT2D eigenvalue weighted by molar-refractivity contribution is -0.757. The molecule has 292 valence electrons. The SMILES string of the molecule is COCCCN1CCOc2ccc(COC3CNCC(OC(=O)CCCCCO[N+](=O)[O-])C3c3ccc(OC4CCN(c5cccc(F)c5)C4)cc3)cc21. The van der Waals surface area contributed by atoms with Crippen molar-refractivity contribution in [1.29, 1.82) is 0 Å². The summed E-state index contributed by atoms with van der Waals surface area (Å²) >= 11 is 0. The van der Waals surface area contributed by atoms with Crippen molar-refractivity contribution in [2.24, 2.45) is 0 Å². The van der Waals surface area contributed by atoms with Gasteiger partial charge in [0, 0.05) is 64.3 Å². The second-order valence-corrected chi connectivity index (χ2v) is 13.9. The van der Waals surface area contributed by atoms with E-state index in [1.165, 1.54) is 6.07 Å². The van der Waals surface area contributed by atoms with Gasteiger partial charge in [0.1, 0.15) is 36.1 Å². The van der Waals surface area contributed by atoms with Gasteiger partial charge in [-0.3, -0.25) is 4.79 Å². The number of fused-ring (bicyclic) bond motifs is 1. The molecule has 13 nitrogen and oxygen atoms in total. The molecular weight excluding hydrogens is 699 g/mol. The van der Waals surface area contributed by atoms with Crippen molar-refractivity contribution in [3.8, 4) is 11.5 Å². The summed E-state index contributed by atoms with van der Waals surface area (Å²) in [4.78, 5) is 32.3. The average Bonchev–Trinajstić information content (AvgIpc) is 3.64. The van der Waals surface area contributed by atoms with Crippen LogP contribution in [0.5, 0.6) is 11.5 Å². The number of hydrogen-bond donors (Lipinski definition) is 1. The van der Waals surface area contributed by atoms with Gasteiger partial charge in [-0.15, -0.1) is 10.1 Å². The highest BCUT2D eigenvalue weighted by molar-refractivity contribution is 5.69. The van der Waals surface area contributed by atoms with E-state index < -0.39 is 11.2 Å². The molecule has 14 heteroatoms. The summed E-state index contributed by atoms with van der Waals surface area (Å²) in [5.41, 5.74) is 3.88. The largest absolute Gasteiger partial charge is 0.490 e. The molecule has 4 atom stereocenters. The molecule has 0 amide bonds. The maximum atomic E-state index is 13.8. The fraction of sp³-hybridized carbons (Fsp3) is 0.525. The van der Waals surface area contributed by atoms with E-state index in [-0.39, 0.29) is 42.9 Å². The molecule has 0 saturated carbocycles. The molecule has 3 aromatic carbocycles. The number of ether oxygens (including phenoxy) is 5. The molecule has 0 radical (unpaired) electrons. The van der Waals surface area contributed by atoms with Gasteiger partial charge in [0.15, 0.2) is 0 Å². The van der Waals surface area contributed by atoms with Crippen LogP contribution in [-0.4, -0.2) is 95.6 Å². The molecule has 3 aromatic rings. The minimum atomic E-state index is -0.807. The number of methoxy groups -OCH3 is 1. The van der Waals surface area contributed by atoms with Crippen LogP contribution in [0.4, 0.5) is 15.8 Å². The lowest BCUT2D eigenvalue weighted by Crippen LogP contribution is -2.51. The molecule has 3 aliphatic heterocycles. The number of esters is 1. The number of benzene rings is 3. The van der Waals surface area contributed by atoms with E-state index in [0.717, 1.165) is 66.5 Å². The lowest BCUT2D eigenvalue weighted by atomic mass is 9.85. The van der Waals surface area contributed by atoms with Crippen molar-refractivity contribution >= 4 is 17.3 Å². The van der Waals surface area contributed by atoms with E-state index >= 15 is 0 Å². The number of unbranched alkanes of at least 4 members (excludes halogenated alkanes) is 2. The highest BCUT2D eigenvalue weighted by Gasteiger charge is 2.38. The first-order valence-electron chi connectivity index (χ1n) is 18.9. The van der Waals surface area contributed by atoms with Crippen LogP contribution in [0, 0.1) is 15.9 Å². The van der Waals surface area contributed by atoms with Crippen molar-refractivity contribution < 1.29 is 42.8 Å². The zero-order valence-electron chi connectivity index (χ0n) is 30.9. The minimum absolute atomic E-state index is 0.00446. The van der Waals surface area contributed by atoms with Gasteiger partial charge < -0.3 is 43.6 Å². The Balaban J connectivity index is 1.12. The molecule has 0 bridgehead atoms. The monoisotopic (exact) mass is 750 g/mol. The second-order valence-electron chi connectivity index (χ2n) is 13.9. The van der Waals surface area contributed by atoms with E-state index in [4.69, 9.17) is 23.7 Å². The summed E-state index contributed by atoms with van der Waals surface area (Å²) in [5, 5.41) is 13.0. The summed E-state index contributed by atoms with van der Waals surface area (Å²) in [6, 6.07) is 20.7. The standard InChI is InChI=1S/C40H51FN4O9/c1-49-20-6-17-43-19-22-50-36-15-10-29(23-35(36)43)28-51-37-25-42-26-38(54-39(46)9-3-2-4-21-52-45(47)48)40(37)30-11-13-33(14-12-30)53-34-16-18-44(27-34)32-8-5-7-31(41)24-32/h5,7-8,10-15,23-24,34,37-38,40,42H,2-4,6,9,16-22,25-28H2,1H3. The molecule has 2 saturated heterocycles. The Labute approximate surface area is 315 Å². The van der Waals surface area contributed by atoms with E-state index in [9.17, 15) is 19.3 Å². The molecule has 0 aliphatic carbocycles. The number of halogens is 1. The molecule has 54 heavy (non-hydrogen) atoms. The fourth-order valence-electron chi connectivity index (χ4n) is 7.42. The van der Waals surface area contributed by atoms with Crippen LogP contribution in [0.2, 0.25) is 0 Å². The maximum absolute atomic E-state index is 13.8. The van der Waals surface area contributed by atoms with Crippen molar-refractivity contribution in [2.45, 2.75) is 69.4 Å². The van der Waals surface area contributed by atoms with Crippen molar-refractivity contribution in [1.82, 2.24) is 5.32 Å². The summed E-state index contributed by atoms with van der Waals surface area (Å²) in [5.74, 6) is 0.763. The summed E-state index contributed by atoms with van der Waals surface area (Å²) in [6.07, 6.45) is 2.75. The summed E-state index contributed by atoms with van der Waals surface area (Å²) in [6.45, 7) is 5.86. The molecule has 0 spiro atoms. The molecule has 2 fully saturated rings. The smallest absolute Gasteiger partial charge is 0.306 e. The van der Waals surface area contributed by atoms with Crippen LogP contribution >= 0.6 is 0 Å². The second kappa shape index (κ2) is 19.6. The first kappa shape index (κ1) is 39.0. The van der Waals surface area contributed by atoms with Crippen LogP contribution in [0.3, 0.4) is 0 Å². The molecule has 3 heterocycles. The van der Waals surface area contributed by atoms with Crippen molar-refractivity contribution in [2.75, 3.05) is 76.0 Å². The highest BCUT2D eigenvalue weighted by atomic mass is 19.1. The minimum Gasteiger partial charge on any atom is -0.490 e. The normalized spacial score (nSPS) is 20.9. The van der Waals surface area contributed by atoms with Gasteiger partial charge >= 0.3 is 5.97 Å². The Kier molecular flexibility index (Phi) is 14.2. The summed E-state index contributed by atoms with van der Waals surface area (Å²) < 4.78 is 44.2. The van der Waals surface area contributed by atoms with Gasteiger partial charge in [-0.25, -0.2) is 4.39 Å². The number of piperidine rings is 1. The van der Waals surface area contributed by atoms with E-state index in [0.29, 0.717) is 58.7 Å². The van der Waals surface area contributed by atoms with Crippen LogP contribution in [0.15, 0.2) is 66.7 Å². The third-order valence-electron chi connectivity index (χ3n) is 10.1. The lowest BCUT2D eigenvalue weighted by Gasteiger charge is -2.38. The number of carbonyl (C=O) groups excluding carboxylic acids is 1. The van der Waals surface area contributed by atoms with Crippen LogP contribution < -0.4 is 24.6 Å². The zero-order chi connectivity index (χ0) is 37.7. The number of nitrogens with one attached hydrogen (secondary N) is 1. The van der Waals surface area contributed by atoms with E-state index in [1.807, 2.05) is 42.5 Å². The predicted molar refractivity (Wildman–Crippen MR) is 200 cm³/mol. The molecule has 3 aliphatic rings. The zero-order valence-corrected chi connectivity index (χ0v) is 30.9. The topological polar surface area (TPSA) is 134 Å². The third kappa shape index (κ3) is 11.0. The van der Waals surface area contributed by atoms with Gasteiger partial charge in [0.25, 0.3) is 5.09 Å². The Morgan fingerprint density at radius 3 is 2.67 bits per heavy atom. The van der Waals surface area contributed by atoms with E-state index in [2.05, 4.69) is 26.0 Å². The van der Waals surface area contributed by atoms with E-state index in [1.54, 1.807) is 19.2 Å². The fourth-order valence-corrected chi connectivity index (χ4v) is 7.42. The predicted octanol–water partition coefficient (Wildman–Crippen LogP) is 5.67. The van der Waals surface area contributed by atoms with Crippen LogP contribution in [-0.2, 0) is 30.4 Å². The van der Waals surface area contributed by atoms with Gasteiger partial charge in [-0.1, -0.05) is 30.7 Å². The maximum Gasteiger partial charge on any atom is 0.306 e. The number of anilines is 2. The third-order valence-corrected chi connectivity index (χ3v) is 10.1. The number of hydrogen-bond acceptors (Lipinski definition) is 12. The Hall–Kier alpha value is -4.66. The van der Waals surface area contributed by atoms with Gasteiger partial charge in [-0.2, -0.15) is 0 Å². The van der Waals surface area contributed by atoms with Gasteiger partial charge in [0.05, 0.1) is 38.1 Å².